The Bertz CT molecular complexity index is 408. The van der Waals surface area contributed by atoms with Crippen molar-refractivity contribution in [3.63, 3.8) is 0 Å². The van der Waals surface area contributed by atoms with Crippen LogP contribution in [0.15, 0.2) is 12.1 Å². The van der Waals surface area contributed by atoms with Gasteiger partial charge in [-0.05, 0) is 26.0 Å². The van der Waals surface area contributed by atoms with Crippen LogP contribution in [0.3, 0.4) is 0 Å². The molecule has 1 rings (SSSR count). The first kappa shape index (κ1) is 16.1. The summed E-state index contributed by atoms with van der Waals surface area (Å²) in [7, 11) is 1.69. The van der Waals surface area contributed by atoms with Gasteiger partial charge in [0, 0.05) is 29.4 Å². The third kappa shape index (κ3) is 4.61. The van der Waals surface area contributed by atoms with Gasteiger partial charge in [-0.3, -0.25) is 0 Å². The third-order valence-electron chi connectivity index (χ3n) is 2.73. The molecule has 1 aromatic rings. The molecule has 0 saturated heterocycles. The van der Waals surface area contributed by atoms with E-state index in [1.807, 2.05) is 19.9 Å². The molecule has 0 N–H and O–H groups in total. The maximum Gasteiger partial charge on any atom is 0.142 e. The molecule has 0 aromatic heterocycles. The summed E-state index contributed by atoms with van der Waals surface area (Å²) in [5.74, 6) is 0.685. The maximum atomic E-state index is 6.14. The highest BCUT2D eigenvalue weighted by molar-refractivity contribution is 9.08. The lowest BCUT2D eigenvalue weighted by Crippen LogP contribution is -2.25. The highest BCUT2D eigenvalue weighted by atomic mass is 79.9. The van der Waals surface area contributed by atoms with E-state index >= 15 is 0 Å². The van der Waals surface area contributed by atoms with Crippen molar-refractivity contribution in [2.45, 2.75) is 31.2 Å². The van der Waals surface area contributed by atoms with Crippen LogP contribution in [-0.4, -0.2) is 19.3 Å². The molecule has 0 spiro atoms. The van der Waals surface area contributed by atoms with E-state index in [0.717, 1.165) is 12.0 Å². The summed E-state index contributed by atoms with van der Waals surface area (Å²) >= 11 is 15.5. The van der Waals surface area contributed by atoms with Gasteiger partial charge in [0.1, 0.15) is 5.75 Å². The third-order valence-corrected chi connectivity index (χ3v) is 3.84. The smallest absolute Gasteiger partial charge is 0.142 e. The van der Waals surface area contributed by atoms with Crippen molar-refractivity contribution in [1.29, 1.82) is 0 Å². The van der Waals surface area contributed by atoms with Gasteiger partial charge in [0.25, 0.3) is 0 Å². The fourth-order valence-corrected chi connectivity index (χ4v) is 2.38. The normalized spacial score (nSPS) is 11.7. The monoisotopic (exact) mass is 354 g/mol. The molecule has 0 radical (unpaired) electrons. The SMILES string of the molecule is COC(C)(C)CCOc1c(Cl)cc(Cl)cc1CBr. The molecule has 1 aromatic carbocycles. The first-order chi connectivity index (χ1) is 8.39. The minimum absolute atomic E-state index is 0.201. The molecule has 0 unspecified atom stereocenters. The van der Waals surface area contributed by atoms with Crippen molar-refractivity contribution in [3.8, 4) is 5.75 Å². The minimum Gasteiger partial charge on any atom is -0.492 e. The van der Waals surface area contributed by atoms with Crippen LogP contribution in [0.1, 0.15) is 25.8 Å². The number of hydrogen-bond donors (Lipinski definition) is 0. The van der Waals surface area contributed by atoms with Crippen LogP contribution < -0.4 is 4.74 Å². The molecule has 18 heavy (non-hydrogen) atoms. The average Bonchev–Trinajstić information content (AvgIpc) is 2.31. The second kappa shape index (κ2) is 6.99. The van der Waals surface area contributed by atoms with Crippen LogP contribution in [-0.2, 0) is 10.1 Å². The van der Waals surface area contributed by atoms with Crippen molar-refractivity contribution in [2.24, 2.45) is 0 Å². The molecule has 0 aliphatic rings. The number of ether oxygens (including phenoxy) is 2. The fraction of sp³-hybridized carbons (Fsp3) is 0.538. The molecule has 0 saturated carbocycles. The molecule has 0 bridgehead atoms. The zero-order valence-corrected chi connectivity index (χ0v) is 13.8. The standard InChI is InChI=1S/C13H17BrCl2O2/c1-13(2,17-3)4-5-18-12-9(8-14)6-10(15)7-11(12)16/h6-7H,4-5,8H2,1-3H3. The van der Waals surface area contributed by atoms with Gasteiger partial charge in [0.15, 0.2) is 0 Å². The summed E-state index contributed by atoms with van der Waals surface area (Å²) < 4.78 is 11.1. The minimum atomic E-state index is -0.201. The van der Waals surface area contributed by atoms with Crippen molar-refractivity contribution < 1.29 is 9.47 Å². The number of alkyl halides is 1. The van der Waals surface area contributed by atoms with E-state index in [0.29, 0.717) is 27.7 Å². The van der Waals surface area contributed by atoms with Gasteiger partial charge in [-0.15, -0.1) is 0 Å². The van der Waals surface area contributed by atoms with E-state index in [-0.39, 0.29) is 5.60 Å². The van der Waals surface area contributed by atoms with Crippen LogP contribution in [0.2, 0.25) is 10.0 Å². The Morgan fingerprint density at radius 2 is 1.94 bits per heavy atom. The first-order valence-corrected chi connectivity index (χ1v) is 7.49. The Hall–Kier alpha value is 0.0400. The molecule has 0 atom stereocenters. The van der Waals surface area contributed by atoms with Gasteiger partial charge in [-0.1, -0.05) is 39.1 Å². The van der Waals surface area contributed by atoms with E-state index < -0.39 is 0 Å². The quantitative estimate of drug-likeness (QED) is 0.662. The fourth-order valence-electron chi connectivity index (χ4n) is 1.38. The maximum absolute atomic E-state index is 6.14. The molecule has 102 valence electrons. The summed E-state index contributed by atoms with van der Waals surface area (Å²) in [6.45, 7) is 4.58. The van der Waals surface area contributed by atoms with Crippen molar-refractivity contribution >= 4 is 39.1 Å². The molecule has 0 aliphatic heterocycles. The Balaban J connectivity index is 2.73. The van der Waals surface area contributed by atoms with Gasteiger partial charge in [0.05, 0.1) is 17.2 Å². The Labute approximate surface area is 127 Å². The van der Waals surface area contributed by atoms with Crippen LogP contribution in [0.4, 0.5) is 0 Å². The average molecular weight is 356 g/mol. The molecule has 0 aliphatic carbocycles. The van der Waals surface area contributed by atoms with Crippen LogP contribution in [0.25, 0.3) is 0 Å². The molecular formula is C13H17BrCl2O2. The topological polar surface area (TPSA) is 18.5 Å². The van der Waals surface area contributed by atoms with Crippen molar-refractivity contribution in [2.75, 3.05) is 13.7 Å². The first-order valence-electron chi connectivity index (χ1n) is 5.61. The number of methoxy groups -OCH3 is 1. The summed E-state index contributed by atoms with van der Waals surface area (Å²) in [5.41, 5.74) is 0.746. The Morgan fingerprint density at radius 1 is 1.28 bits per heavy atom. The zero-order valence-electron chi connectivity index (χ0n) is 10.7. The van der Waals surface area contributed by atoms with Gasteiger partial charge in [-0.2, -0.15) is 0 Å². The van der Waals surface area contributed by atoms with Gasteiger partial charge < -0.3 is 9.47 Å². The van der Waals surface area contributed by atoms with E-state index in [2.05, 4.69) is 15.9 Å². The second-order valence-corrected chi connectivity index (χ2v) is 5.98. The lowest BCUT2D eigenvalue weighted by molar-refractivity contribution is 0.00540. The molecular weight excluding hydrogens is 339 g/mol. The van der Waals surface area contributed by atoms with E-state index in [9.17, 15) is 0 Å². The van der Waals surface area contributed by atoms with Crippen molar-refractivity contribution in [1.82, 2.24) is 0 Å². The van der Waals surface area contributed by atoms with E-state index in [1.54, 1.807) is 13.2 Å². The number of halogens is 3. The molecule has 2 nitrogen and oxygen atoms in total. The lowest BCUT2D eigenvalue weighted by atomic mass is 10.1. The van der Waals surface area contributed by atoms with Gasteiger partial charge in [-0.25, -0.2) is 0 Å². The molecule has 5 heteroatoms. The van der Waals surface area contributed by atoms with Crippen LogP contribution in [0.5, 0.6) is 5.75 Å². The van der Waals surface area contributed by atoms with E-state index in [1.165, 1.54) is 0 Å². The second-order valence-electron chi connectivity index (χ2n) is 4.57. The highest BCUT2D eigenvalue weighted by Gasteiger charge is 2.17. The largest absolute Gasteiger partial charge is 0.492 e. The molecule has 0 amide bonds. The number of rotatable bonds is 6. The summed E-state index contributed by atoms with van der Waals surface area (Å²) in [6.07, 6.45) is 0.782. The summed E-state index contributed by atoms with van der Waals surface area (Å²) in [5, 5.41) is 1.79. The van der Waals surface area contributed by atoms with Crippen LogP contribution >= 0.6 is 39.1 Å². The predicted octanol–water partition coefficient (Wildman–Crippen LogP) is 5.08. The van der Waals surface area contributed by atoms with Crippen LogP contribution in [0, 0.1) is 0 Å². The molecule has 0 heterocycles. The predicted molar refractivity (Wildman–Crippen MR) is 80.3 cm³/mol. The Morgan fingerprint density at radius 3 is 2.50 bits per heavy atom. The number of hydrogen-bond acceptors (Lipinski definition) is 2. The highest BCUT2D eigenvalue weighted by Crippen LogP contribution is 2.34. The van der Waals surface area contributed by atoms with E-state index in [4.69, 9.17) is 32.7 Å². The Kier molecular flexibility index (Phi) is 6.25. The van der Waals surface area contributed by atoms with Gasteiger partial charge in [0.2, 0.25) is 0 Å². The summed E-state index contributed by atoms with van der Waals surface area (Å²) in [4.78, 5) is 0. The molecule has 0 fully saturated rings. The summed E-state index contributed by atoms with van der Waals surface area (Å²) in [6, 6.07) is 3.53. The van der Waals surface area contributed by atoms with Crippen molar-refractivity contribution in [3.05, 3.63) is 27.7 Å². The van der Waals surface area contributed by atoms with Gasteiger partial charge >= 0.3 is 0 Å². The number of benzene rings is 1. The lowest BCUT2D eigenvalue weighted by Gasteiger charge is -2.23. The zero-order chi connectivity index (χ0) is 13.8.